The zero-order valence-corrected chi connectivity index (χ0v) is 17.9. The normalized spacial score (nSPS) is 16.3. The van der Waals surface area contributed by atoms with Crippen molar-refractivity contribution in [1.82, 2.24) is 5.32 Å². The summed E-state index contributed by atoms with van der Waals surface area (Å²) in [6.45, 7) is 3.96. The summed E-state index contributed by atoms with van der Waals surface area (Å²) in [6.07, 6.45) is 0.982. The molecule has 0 aromatic heterocycles. The van der Waals surface area contributed by atoms with Crippen LogP contribution in [0.5, 0.6) is 0 Å². The lowest BCUT2D eigenvalue weighted by Gasteiger charge is -2.30. The van der Waals surface area contributed by atoms with Crippen molar-refractivity contribution >= 4 is 35.0 Å². The standard InChI is InChI=1S/C23H22ClN3OS/c1-3-13-29-23-18(14-25)21(17-11-7-8-12-19(17)24)20(15(2)26-23)22(28)27-16-9-5-4-6-10-16/h4-12,21,26H,3,13H2,1-2H3,(H,27,28)/t21-/m1/s1. The van der Waals surface area contributed by atoms with Crippen LogP contribution in [-0.2, 0) is 4.79 Å². The Hall–Kier alpha value is -2.68. The molecule has 1 aliphatic rings. The van der Waals surface area contributed by atoms with Gasteiger partial charge in [0, 0.05) is 22.0 Å². The van der Waals surface area contributed by atoms with Gasteiger partial charge in [-0.2, -0.15) is 5.26 Å². The number of nitrogens with zero attached hydrogens (tertiary/aromatic N) is 1. The number of rotatable bonds is 6. The van der Waals surface area contributed by atoms with Crippen LogP contribution in [0, 0.1) is 11.3 Å². The largest absolute Gasteiger partial charge is 0.353 e. The maximum Gasteiger partial charge on any atom is 0.254 e. The van der Waals surface area contributed by atoms with E-state index >= 15 is 0 Å². The van der Waals surface area contributed by atoms with Crippen LogP contribution >= 0.6 is 23.4 Å². The summed E-state index contributed by atoms with van der Waals surface area (Å²) in [5, 5.41) is 17.5. The fourth-order valence-corrected chi connectivity index (χ4v) is 4.47. The Bertz CT molecular complexity index is 1010. The van der Waals surface area contributed by atoms with Gasteiger partial charge in [-0.1, -0.05) is 54.9 Å². The third kappa shape index (κ3) is 4.67. The molecule has 2 aromatic carbocycles. The number of amides is 1. The molecule has 29 heavy (non-hydrogen) atoms. The monoisotopic (exact) mass is 423 g/mol. The summed E-state index contributed by atoms with van der Waals surface area (Å²) in [4.78, 5) is 13.3. The fourth-order valence-electron chi connectivity index (χ4n) is 3.27. The molecule has 0 saturated heterocycles. The highest BCUT2D eigenvalue weighted by Gasteiger charge is 2.35. The third-order valence-electron chi connectivity index (χ3n) is 4.59. The number of benzene rings is 2. The molecule has 0 saturated carbocycles. The van der Waals surface area contributed by atoms with Gasteiger partial charge in [0.15, 0.2) is 0 Å². The van der Waals surface area contributed by atoms with Crippen molar-refractivity contribution in [1.29, 1.82) is 5.26 Å². The number of para-hydroxylation sites is 1. The van der Waals surface area contributed by atoms with Crippen molar-refractivity contribution in [2.75, 3.05) is 11.1 Å². The zero-order valence-electron chi connectivity index (χ0n) is 16.3. The first-order valence-electron chi connectivity index (χ1n) is 9.42. The molecule has 0 spiro atoms. The Morgan fingerprint density at radius 3 is 2.55 bits per heavy atom. The van der Waals surface area contributed by atoms with Gasteiger partial charge < -0.3 is 10.6 Å². The van der Waals surface area contributed by atoms with E-state index in [0.29, 0.717) is 21.9 Å². The average molecular weight is 424 g/mol. The lowest BCUT2D eigenvalue weighted by Crippen LogP contribution is -2.30. The van der Waals surface area contributed by atoms with Gasteiger partial charge >= 0.3 is 0 Å². The molecule has 6 heteroatoms. The minimum atomic E-state index is -0.530. The number of carbonyl (C=O) groups is 1. The van der Waals surface area contributed by atoms with Crippen LogP contribution in [0.2, 0.25) is 5.02 Å². The van der Waals surface area contributed by atoms with Crippen molar-refractivity contribution in [3.63, 3.8) is 0 Å². The SMILES string of the molecule is CCCSC1=C(C#N)[C@@H](c2ccccc2Cl)C(C(=O)Nc2ccccc2)=C(C)N1. The summed E-state index contributed by atoms with van der Waals surface area (Å²) >= 11 is 8.09. The van der Waals surface area contributed by atoms with Crippen molar-refractivity contribution in [2.45, 2.75) is 26.2 Å². The second-order valence-electron chi connectivity index (χ2n) is 6.64. The number of hydrogen-bond donors (Lipinski definition) is 2. The Kier molecular flexibility index (Phi) is 7.03. The second kappa shape index (κ2) is 9.69. The predicted octanol–water partition coefficient (Wildman–Crippen LogP) is 5.82. The lowest BCUT2D eigenvalue weighted by molar-refractivity contribution is -0.113. The number of dihydropyridines is 1. The van der Waals surface area contributed by atoms with E-state index in [9.17, 15) is 10.1 Å². The molecule has 0 bridgehead atoms. The molecule has 2 aromatic rings. The summed E-state index contributed by atoms with van der Waals surface area (Å²) < 4.78 is 0. The smallest absolute Gasteiger partial charge is 0.254 e. The summed E-state index contributed by atoms with van der Waals surface area (Å²) in [5.74, 6) is 0.0955. The van der Waals surface area contributed by atoms with Gasteiger partial charge in [0.1, 0.15) is 0 Å². The van der Waals surface area contributed by atoms with E-state index < -0.39 is 5.92 Å². The molecule has 1 aliphatic heterocycles. The fraction of sp³-hybridized carbons (Fsp3) is 0.217. The van der Waals surface area contributed by atoms with Gasteiger partial charge in [-0.15, -0.1) is 11.8 Å². The molecule has 1 amide bonds. The Morgan fingerprint density at radius 1 is 1.21 bits per heavy atom. The van der Waals surface area contributed by atoms with Gasteiger partial charge in [0.2, 0.25) is 0 Å². The zero-order chi connectivity index (χ0) is 20.8. The van der Waals surface area contributed by atoms with E-state index in [4.69, 9.17) is 11.6 Å². The average Bonchev–Trinajstić information content (AvgIpc) is 2.72. The molecule has 3 rings (SSSR count). The topological polar surface area (TPSA) is 64.9 Å². The minimum Gasteiger partial charge on any atom is -0.353 e. The Morgan fingerprint density at radius 2 is 1.90 bits per heavy atom. The molecular weight excluding hydrogens is 402 g/mol. The van der Waals surface area contributed by atoms with Crippen LogP contribution in [0.1, 0.15) is 31.7 Å². The van der Waals surface area contributed by atoms with Crippen molar-refractivity contribution in [3.8, 4) is 6.07 Å². The maximum absolute atomic E-state index is 13.3. The summed E-state index contributed by atoms with van der Waals surface area (Å²) in [7, 11) is 0. The molecule has 1 atom stereocenters. The van der Waals surface area contributed by atoms with Crippen molar-refractivity contribution < 1.29 is 4.79 Å². The van der Waals surface area contributed by atoms with Gasteiger partial charge in [-0.05, 0) is 42.9 Å². The molecule has 1 heterocycles. The first-order chi connectivity index (χ1) is 14.1. The Labute approximate surface area is 180 Å². The molecule has 0 unspecified atom stereocenters. The van der Waals surface area contributed by atoms with Crippen LogP contribution in [0.25, 0.3) is 0 Å². The van der Waals surface area contributed by atoms with E-state index in [1.807, 2.05) is 55.5 Å². The quantitative estimate of drug-likeness (QED) is 0.614. The van der Waals surface area contributed by atoms with E-state index in [1.165, 1.54) is 0 Å². The first-order valence-corrected chi connectivity index (χ1v) is 10.8. The molecule has 148 valence electrons. The highest BCUT2D eigenvalue weighted by atomic mass is 35.5. The number of hydrogen-bond acceptors (Lipinski definition) is 4. The van der Waals surface area contributed by atoms with E-state index in [-0.39, 0.29) is 5.91 Å². The van der Waals surface area contributed by atoms with Gasteiger partial charge in [0.05, 0.1) is 22.6 Å². The highest BCUT2D eigenvalue weighted by molar-refractivity contribution is 8.03. The van der Waals surface area contributed by atoms with Gasteiger partial charge in [-0.3, -0.25) is 4.79 Å². The molecule has 2 N–H and O–H groups in total. The highest BCUT2D eigenvalue weighted by Crippen LogP contribution is 2.43. The number of allylic oxidation sites excluding steroid dienone is 2. The molecule has 0 aliphatic carbocycles. The Balaban J connectivity index is 2.09. The van der Waals surface area contributed by atoms with Crippen molar-refractivity contribution in [3.05, 3.63) is 87.1 Å². The maximum atomic E-state index is 13.3. The van der Waals surface area contributed by atoms with Crippen LogP contribution < -0.4 is 10.6 Å². The second-order valence-corrected chi connectivity index (χ2v) is 8.15. The van der Waals surface area contributed by atoms with Gasteiger partial charge in [-0.25, -0.2) is 0 Å². The third-order valence-corrected chi connectivity index (χ3v) is 6.16. The number of thioether (sulfide) groups is 1. The van der Waals surface area contributed by atoms with Crippen LogP contribution in [0.4, 0.5) is 5.69 Å². The summed E-state index contributed by atoms with van der Waals surface area (Å²) in [6, 6.07) is 19.0. The van der Waals surface area contributed by atoms with Gasteiger partial charge in [0.25, 0.3) is 5.91 Å². The molecule has 0 fully saturated rings. The van der Waals surface area contributed by atoms with Crippen LogP contribution in [-0.4, -0.2) is 11.7 Å². The first kappa shape index (κ1) is 21.0. The number of nitriles is 1. The van der Waals surface area contributed by atoms with E-state index in [2.05, 4.69) is 23.6 Å². The predicted molar refractivity (Wildman–Crippen MR) is 120 cm³/mol. The van der Waals surface area contributed by atoms with Crippen LogP contribution in [0.3, 0.4) is 0 Å². The van der Waals surface area contributed by atoms with E-state index in [1.54, 1.807) is 17.8 Å². The minimum absolute atomic E-state index is 0.251. The molecule has 0 radical (unpaired) electrons. The van der Waals surface area contributed by atoms with E-state index in [0.717, 1.165) is 28.5 Å². The number of halogens is 1. The molecular formula is C23H22ClN3OS. The number of carbonyl (C=O) groups excluding carboxylic acids is 1. The number of nitrogens with one attached hydrogen (secondary N) is 2. The lowest BCUT2D eigenvalue weighted by atomic mass is 9.82. The molecule has 4 nitrogen and oxygen atoms in total. The number of anilines is 1. The van der Waals surface area contributed by atoms with Crippen LogP contribution in [0.15, 0.2) is 76.5 Å². The summed E-state index contributed by atoms with van der Waals surface area (Å²) in [5.41, 5.74) is 3.18. The van der Waals surface area contributed by atoms with Crippen molar-refractivity contribution in [2.24, 2.45) is 0 Å².